The van der Waals surface area contributed by atoms with Gasteiger partial charge in [-0.1, -0.05) is 90.6 Å². The maximum absolute atomic E-state index is 6.04. The molecule has 22 heavy (non-hydrogen) atoms. The van der Waals surface area contributed by atoms with Gasteiger partial charge < -0.3 is 4.74 Å². The fourth-order valence-electron chi connectivity index (χ4n) is 3.34. The summed E-state index contributed by atoms with van der Waals surface area (Å²) in [7, 11) is 0. The van der Waals surface area contributed by atoms with Crippen LogP contribution in [-0.2, 0) is 4.74 Å². The van der Waals surface area contributed by atoms with Gasteiger partial charge in [0.25, 0.3) is 0 Å². The Kier molecular flexibility index (Phi) is 15.4. The highest BCUT2D eigenvalue weighted by Crippen LogP contribution is 2.28. The molecule has 0 fully saturated rings. The molecule has 0 aromatic heterocycles. The number of hydrogen-bond donors (Lipinski definition) is 0. The first-order valence-electron chi connectivity index (χ1n) is 9.99. The van der Waals surface area contributed by atoms with E-state index in [9.17, 15) is 0 Å². The summed E-state index contributed by atoms with van der Waals surface area (Å²) in [4.78, 5) is 0. The molecular formula is C21H42O. The molecule has 0 aromatic carbocycles. The van der Waals surface area contributed by atoms with Crippen LogP contribution in [0.5, 0.6) is 0 Å². The Morgan fingerprint density at radius 3 is 1.68 bits per heavy atom. The molecule has 0 rings (SSSR count). The first-order chi connectivity index (χ1) is 10.7. The van der Waals surface area contributed by atoms with Crippen molar-refractivity contribution in [2.24, 2.45) is 0 Å². The molecule has 0 radical (unpaired) electrons. The van der Waals surface area contributed by atoms with Gasteiger partial charge in [0.15, 0.2) is 0 Å². The van der Waals surface area contributed by atoms with E-state index in [0.717, 1.165) is 19.4 Å². The Bertz CT molecular complexity index is 236. The van der Waals surface area contributed by atoms with Gasteiger partial charge in [-0.3, -0.25) is 0 Å². The average molecular weight is 311 g/mol. The van der Waals surface area contributed by atoms with Crippen LogP contribution in [0.15, 0.2) is 12.7 Å². The maximum atomic E-state index is 6.04. The second-order valence-corrected chi connectivity index (χ2v) is 6.75. The topological polar surface area (TPSA) is 9.23 Å². The predicted molar refractivity (Wildman–Crippen MR) is 101 cm³/mol. The highest BCUT2D eigenvalue weighted by Gasteiger charge is 2.26. The predicted octanol–water partition coefficient (Wildman–Crippen LogP) is 7.45. The van der Waals surface area contributed by atoms with E-state index in [1.165, 1.54) is 77.0 Å². The lowest BCUT2D eigenvalue weighted by atomic mass is 9.89. The molecule has 0 aliphatic heterocycles. The minimum atomic E-state index is 0.0653. The second-order valence-electron chi connectivity index (χ2n) is 6.75. The molecule has 1 atom stereocenters. The fourth-order valence-corrected chi connectivity index (χ4v) is 3.34. The summed E-state index contributed by atoms with van der Waals surface area (Å²) in [6.45, 7) is 11.4. The molecule has 0 amide bonds. The molecule has 1 unspecified atom stereocenters. The molecule has 1 heteroatoms. The summed E-state index contributed by atoms with van der Waals surface area (Å²) in [6, 6.07) is 0. The van der Waals surface area contributed by atoms with Gasteiger partial charge in [-0.2, -0.15) is 0 Å². The molecule has 0 N–H and O–H groups in total. The van der Waals surface area contributed by atoms with E-state index in [4.69, 9.17) is 4.74 Å². The van der Waals surface area contributed by atoms with Crippen molar-refractivity contribution in [1.82, 2.24) is 0 Å². The van der Waals surface area contributed by atoms with Gasteiger partial charge in [0.1, 0.15) is 0 Å². The Morgan fingerprint density at radius 1 is 0.773 bits per heavy atom. The third kappa shape index (κ3) is 11.3. The van der Waals surface area contributed by atoms with Gasteiger partial charge in [0.2, 0.25) is 0 Å². The SMILES string of the molecule is C=CCC(CC)(CCCCCCCCCCCCC)OCC. The Balaban J connectivity index is 3.55. The number of rotatable bonds is 17. The van der Waals surface area contributed by atoms with Crippen molar-refractivity contribution in [2.75, 3.05) is 6.61 Å². The molecule has 0 bridgehead atoms. The molecular weight excluding hydrogens is 268 g/mol. The van der Waals surface area contributed by atoms with Crippen molar-refractivity contribution >= 4 is 0 Å². The molecule has 0 saturated heterocycles. The van der Waals surface area contributed by atoms with Gasteiger partial charge in [-0.05, 0) is 26.2 Å². The molecule has 0 heterocycles. The van der Waals surface area contributed by atoms with Crippen molar-refractivity contribution in [3.05, 3.63) is 12.7 Å². The van der Waals surface area contributed by atoms with Crippen molar-refractivity contribution in [3.63, 3.8) is 0 Å². The van der Waals surface area contributed by atoms with Crippen molar-refractivity contribution in [2.45, 2.75) is 116 Å². The van der Waals surface area contributed by atoms with E-state index in [-0.39, 0.29) is 5.60 Å². The average Bonchev–Trinajstić information content (AvgIpc) is 2.53. The van der Waals surface area contributed by atoms with Gasteiger partial charge in [0, 0.05) is 6.61 Å². The monoisotopic (exact) mass is 310 g/mol. The number of unbranched alkanes of at least 4 members (excludes halogenated alkanes) is 10. The maximum Gasteiger partial charge on any atom is 0.0713 e. The van der Waals surface area contributed by atoms with Crippen LogP contribution in [-0.4, -0.2) is 12.2 Å². The molecule has 0 aromatic rings. The third-order valence-electron chi connectivity index (χ3n) is 4.85. The molecule has 0 saturated carbocycles. The summed E-state index contributed by atoms with van der Waals surface area (Å²) < 4.78 is 6.04. The fraction of sp³-hybridized carbons (Fsp3) is 0.905. The molecule has 0 aliphatic rings. The second kappa shape index (κ2) is 15.6. The normalized spacial score (nSPS) is 14.0. The quantitative estimate of drug-likeness (QED) is 0.200. The lowest BCUT2D eigenvalue weighted by Crippen LogP contribution is -2.31. The van der Waals surface area contributed by atoms with Crippen LogP contribution in [0.2, 0.25) is 0 Å². The minimum Gasteiger partial charge on any atom is -0.375 e. The third-order valence-corrected chi connectivity index (χ3v) is 4.85. The zero-order valence-electron chi connectivity index (χ0n) is 15.8. The van der Waals surface area contributed by atoms with E-state index in [2.05, 4.69) is 27.4 Å². The van der Waals surface area contributed by atoms with Crippen LogP contribution < -0.4 is 0 Å². The number of hydrogen-bond acceptors (Lipinski definition) is 1. The van der Waals surface area contributed by atoms with Crippen LogP contribution in [0.4, 0.5) is 0 Å². The smallest absolute Gasteiger partial charge is 0.0713 e. The van der Waals surface area contributed by atoms with Crippen LogP contribution in [0.3, 0.4) is 0 Å². The molecule has 1 nitrogen and oxygen atoms in total. The van der Waals surface area contributed by atoms with Crippen LogP contribution in [0, 0.1) is 0 Å². The Labute approximate surface area is 140 Å². The first kappa shape index (κ1) is 21.7. The van der Waals surface area contributed by atoms with Crippen molar-refractivity contribution in [3.8, 4) is 0 Å². The zero-order valence-corrected chi connectivity index (χ0v) is 15.8. The van der Waals surface area contributed by atoms with Gasteiger partial charge in [0.05, 0.1) is 5.60 Å². The van der Waals surface area contributed by atoms with Crippen molar-refractivity contribution < 1.29 is 4.74 Å². The summed E-state index contributed by atoms with van der Waals surface area (Å²) >= 11 is 0. The Morgan fingerprint density at radius 2 is 1.27 bits per heavy atom. The lowest BCUT2D eigenvalue weighted by Gasteiger charge is -2.32. The van der Waals surface area contributed by atoms with Crippen LogP contribution in [0.25, 0.3) is 0 Å². The molecule has 0 aliphatic carbocycles. The summed E-state index contributed by atoms with van der Waals surface area (Å²) in [5.74, 6) is 0. The van der Waals surface area contributed by atoms with Gasteiger partial charge >= 0.3 is 0 Å². The van der Waals surface area contributed by atoms with E-state index in [0.29, 0.717) is 0 Å². The van der Waals surface area contributed by atoms with Crippen LogP contribution in [0.1, 0.15) is 111 Å². The highest BCUT2D eigenvalue weighted by molar-refractivity contribution is 4.87. The van der Waals surface area contributed by atoms with E-state index < -0.39 is 0 Å². The molecule has 132 valence electrons. The number of ether oxygens (including phenoxy) is 1. The standard InChI is InChI=1S/C21H42O/c1-5-9-10-11-12-13-14-15-16-17-18-20-21(7-3,19-6-2)22-8-4/h6H,2,5,7-20H2,1,3-4H3. The minimum absolute atomic E-state index is 0.0653. The van der Waals surface area contributed by atoms with E-state index >= 15 is 0 Å². The van der Waals surface area contributed by atoms with Gasteiger partial charge in [-0.15, -0.1) is 6.58 Å². The summed E-state index contributed by atoms with van der Waals surface area (Å²) in [6.07, 6.45) is 20.8. The first-order valence-corrected chi connectivity index (χ1v) is 9.99. The largest absolute Gasteiger partial charge is 0.375 e. The van der Waals surface area contributed by atoms with E-state index in [1.54, 1.807) is 0 Å². The Hall–Kier alpha value is -0.300. The van der Waals surface area contributed by atoms with Crippen molar-refractivity contribution in [1.29, 1.82) is 0 Å². The summed E-state index contributed by atoms with van der Waals surface area (Å²) in [5.41, 5.74) is 0.0653. The van der Waals surface area contributed by atoms with E-state index in [1.807, 2.05) is 6.08 Å². The molecule has 0 spiro atoms. The van der Waals surface area contributed by atoms with Crippen LogP contribution >= 0.6 is 0 Å². The van der Waals surface area contributed by atoms with Gasteiger partial charge in [-0.25, -0.2) is 0 Å². The highest BCUT2D eigenvalue weighted by atomic mass is 16.5. The lowest BCUT2D eigenvalue weighted by molar-refractivity contribution is -0.0477. The summed E-state index contributed by atoms with van der Waals surface area (Å²) in [5, 5.41) is 0. The zero-order chi connectivity index (χ0) is 16.5.